The molecule has 2 aromatic heterocycles. The molecule has 2 rings (SSSR count). The van der Waals surface area contributed by atoms with Gasteiger partial charge in [-0.3, -0.25) is 0 Å². The number of methoxy groups -OCH3 is 1. The molecule has 0 aliphatic rings. The maximum atomic E-state index is 11.5. The molecule has 0 saturated carbocycles. The summed E-state index contributed by atoms with van der Waals surface area (Å²) in [5, 5.41) is 0. The molecule has 0 unspecified atom stereocenters. The molecule has 20 heavy (non-hydrogen) atoms. The Balaban J connectivity index is 2.27. The summed E-state index contributed by atoms with van der Waals surface area (Å²) in [7, 11) is 5.07. The van der Waals surface area contributed by atoms with E-state index in [1.165, 1.54) is 7.11 Å². The van der Waals surface area contributed by atoms with Gasteiger partial charge >= 0.3 is 5.97 Å². The van der Waals surface area contributed by atoms with E-state index in [1.54, 1.807) is 18.3 Å². The second kappa shape index (κ2) is 5.60. The van der Waals surface area contributed by atoms with Gasteiger partial charge in [0.05, 0.1) is 19.3 Å². The molecule has 7 heteroatoms. The molecule has 106 valence electrons. The van der Waals surface area contributed by atoms with E-state index in [-0.39, 0.29) is 5.69 Å². The van der Waals surface area contributed by atoms with Crippen LogP contribution in [0.2, 0.25) is 0 Å². The summed E-state index contributed by atoms with van der Waals surface area (Å²) in [6.07, 6.45) is 3.59. The highest BCUT2D eigenvalue weighted by molar-refractivity contribution is 5.88. The molecule has 2 N–H and O–H groups in total. The van der Waals surface area contributed by atoms with Crippen LogP contribution in [-0.4, -0.2) is 34.7 Å². The zero-order valence-electron chi connectivity index (χ0n) is 11.7. The van der Waals surface area contributed by atoms with Crippen molar-refractivity contribution in [2.75, 3.05) is 24.8 Å². The molecule has 0 amide bonds. The van der Waals surface area contributed by atoms with Crippen molar-refractivity contribution in [2.45, 2.75) is 6.54 Å². The fraction of sp³-hybridized carbons (Fsp3) is 0.308. The van der Waals surface area contributed by atoms with Crippen molar-refractivity contribution in [3.05, 3.63) is 36.0 Å². The molecule has 0 fully saturated rings. The van der Waals surface area contributed by atoms with E-state index in [2.05, 4.69) is 14.7 Å². The summed E-state index contributed by atoms with van der Waals surface area (Å²) in [4.78, 5) is 21.8. The number of esters is 1. The van der Waals surface area contributed by atoms with Crippen LogP contribution in [0.15, 0.2) is 24.5 Å². The Morgan fingerprint density at radius 2 is 2.25 bits per heavy atom. The minimum absolute atomic E-state index is 0.225. The number of rotatable bonds is 4. The zero-order valence-corrected chi connectivity index (χ0v) is 11.7. The van der Waals surface area contributed by atoms with Gasteiger partial charge < -0.3 is 19.9 Å². The molecule has 0 aromatic carbocycles. The Morgan fingerprint density at radius 3 is 2.85 bits per heavy atom. The molecule has 0 bridgehead atoms. The second-order valence-corrected chi connectivity index (χ2v) is 4.41. The molecule has 2 aromatic rings. The van der Waals surface area contributed by atoms with E-state index < -0.39 is 5.97 Å². The molecular formula is C13H17N5O2. The fourth-order valence-corrected chi connectivity index (χ4v) is 1.82. The Labute approximate surface area is 117 Å². The number of nitrogens with zero attached hydrogens (tertiary/aromatic N) is 4. The molecular weight excluding hydrogens is 258 g/mol. The van der Waals surface area contributed by atoms with Crippen LogP contribution in [0.4, 0.5) is 11.5 Å². The van der Waals surface area contributed by atoms with Gasteiger partial charge in [0.15, 0.2) is 11.5 Å². The fourth-order valence-electron chi connectivity index (χ4n) is 1.82. The van der Waals surface area contributed by atoms with Crippen LogP contribution in [-0.2, 0) is 18.3 Å². The van der Waals surface area contributed by atoms with E-state index in [9.17, 15) is 4.79 Å². The van der Waals surface area contributed by atoms with Crippen LogP contribution in [0, 0.1) is 0 Å². The van der Waals surface area contributed by atoms with Crippen LogP contribution in [0.25, 0.3) is 0 Å². The number of aromatic nitrogens is 3. The Morgan fingerprint density at radius 1 is 1.50 bits per heavy atom. The standard InChI is InChI=1S/C13H17N5O2/c1-17-7-6-15-11(17)8-18(2)12-9(14)4-5-10(16-12)13(19)20-3/h4-7H,8,14H2,1-3H3. The molecule has 0 aliphatic heterocycles. The molecule has 0 spiro atoms. The molecule has 0 saturated heterocycles. The van der Waals surface area contributed by atoms with E-state index in [0.29, 0.717) is 18.1 Å². The maximum absolute atomic E-state index is 11.5. The van der Waals surface area contributed by atoms with Gasteiger partial charge in [0.25, 0.3) is 0 Å². The molecule has 0 aliphatic carbocycles. The van der Waals surface area contributed by atoms with Crippen LogP contribution in [0.1, 0.15) is 16.3 Å². The first kappa shape index (κ1) is 13.9. The highest BCUT2D eigenvalue weighted by Gasteiger charge is 2.14. The van der Waals surface area contributed by atoms with Gasteiger partial charge in [0.2, 0.25) is 0 Å². The third kappa shape index (κ3) is 2.71. The van der Waals surface area contributed by atoms with Crippen LogP contribution in [0.3, 0.4) is 0 Å². The molecule has 0 atom stereocenters. The number of pyridine rings is 1. The Kier molecular flexibility index (Phi) is 3.88. The van der Waals surface area contributed by atoms with Crippen LogP contribution >= 0.6 is 0 Å². The SMILES string of the molecule is COC(=O)c1ccc(N)c(N(C)Cc2nccn2C)n1. The predicted molar refractivity (Wildman–Crippen MR) is 75.3 cm³/mol. The predicted octanol–water partition coefficient (Wildman–Crippen LogP) is 0.820. The van der Waals surface area contributed by atoms with E-state index in [0.717, 1.165) is 5.82 Å². The number of carbonyl (C=O) groups excluding carboxylic acids is 1. The summed E-state index contributed by atoms with van der Waals surface area (Å²) < 4.78 is 6.57. The Hall–Kier alpha value is -2.57. The maximum Gasteiger partial charge on any atom is 0.356 e. The van der Waals surface area contributed by atoms with Crippen molar-refractivity contribution >= 4 is 17.5 Å². The average Bonchev–Trinajstić information content (AvgIpc) is 2.83. The summed E-state index contributed by atoms with van der Waals surface area (Å²) >= 11 is 0. The zero-order chi connectivity index (χ0) is 14.7. The van der Waals surface area contributed by atoms with Crippen molar-refractivity contribution in [2.24, 2.45) is 7.05 Å². The van der Waals surface area contributed by atoms with E-state index >= 15 is 0 Å². The summed E-state index contributed by atoms with van der Waals surface area (Å²) in [6, 6.07) is 3.18. The lowest BCUT2D eigenvalue weighted by Crippen LogP contribution is -2.22. The summed E-state index contributed by atoms with van der Waals surface area (Å²) in [6.45, 7) is 0.533. The van der Waals surface area contributed by atoms with Gasteiger partial charge in [-0.1, -0.05) is 0 Å². The number of carbonyl (C=O) groups is 1. The normalized spacial score (nSPS) is 10.3. The van der Waals surface area contributed by atoms with Gasteiger partial charge in [-0.25, -0.2) is 14.8 Å². The Bertz CT molecular complexity index is 623. The highest BCUT2D eigenvalue weighted by Crippen LogP contribution is 2.21. The number of anilines is 2. The number of ether oxygens (including phenoxy) is 1. The summed E-state index contributed by atoms with van der Waals surface area (Å²) in [5.41, 5.74) is 6.64. The summed E-state index contributed by atoms with van der Waals surface area (Å²) in [5.74, 6) is 0.907. The lowest BCUT2D eigenvalue weighted by molar-refractivity contribution is 0.0594. The first-order valence-electron chi connectivity index (χ1n) is 6.05. The molecule has 0 radical (unpaired) electrons. The molecule has 2 heterocycles. The van der Waals surface area contributed by atoms with E-state index in [4.69, 9.17) is 5.73 Å². The van der Waals surface area contributed by atoms with Gasteiger partial charge in [-0.2, -0.15) is 0 Å². The number of aryl methyl sites for hydroxylation is 1. The van der Waals surface area contributed by atoms with Crippen LogP contribution < -0.4 is 10.6 Å². The van der Waals surface area contributed by atoms with E-state index in [1.807, 2.05) is 29.8 Å². The quantitative estimate of drug-likeness (QED) is 0.831. The van der Waals surface area contributed by atoms with Gasteiger partial charge in [-0.05, 0) is 12.1 Å². The van der Waals surface area contributed by atoms with Crippen molar-refractivity contribution in [1.82, 2.24) is 14.5 Å². The first-order valence-corrected chi connectivity index (χ1v) is 6.05. The number of hydrogen-bond acceptors (Lipinski definition) is 6. The van der Waals surface area contributed by atoms with Crippen LogP contribution in [0.5, 0.6) is 0 Å². The van der Waals surface area contributed by atoms with Gasteiger partial charge in [0, 0.05) is 26.5 Å². The first-order chi connectivity index (χ1) is 9.52. The number of imidazole rings is 1. The lowest BCUT2D eigenvalue weighted by Gasteiger charge is -2.20. The third-order valence-corrected chi connectivity index (χ3v) is 2.96. The number of nitrogens with two attached hydrogens (primary N) is 1. The number of hydrogen-bond donors (Lipinski definition) is 1. The molecule has 7 nitrogen and oxygen atoms in total. The highest BCUT2D eigenvalue weighted by atomic mass is 16.5. The second-order valence-electron chi connectivity index (χ2n) is 4.41. The monoisotopic (exact) mass is 275 g/mol. The number of nitrogen functional groups attached to an aromatic ring is 1. The average molecular weight is 275 g/mol. The minimum Gasteiger partial charge on any atom is -0.464 e. The van der Waals surface area contributed by atoms with Gasteiger partial charge in [0.1, 0.15) is 5.82 Å². The topological polar surface area (TPSA) is 86.3 Å². The largest absolute Gasteiger partial charge is 0.464 e. The minimum atomic E-state index is -0.489. The smallest absolute Gasteiger partial charge is 0.356 e. The van der Waals surface area contributed by atoms with Crippen molar-refractivity contribution in [3.8, 4) is 0 Å². The van der Waals surface area contributed by atoms with Crippen molar-refractivity contribution in [3.63, 3.8) is 0 Å². The lowest BCUT2D eigenvalue weighted by atomic mass is 10.3. The third-order valence-electron chi connectivity index (χ3n) is 2.96. The van der Waals surface area contributed by atoms with Gasteiger partial charge in [-0.15, -0.1) is 0 Å². The van der Waals surface area contributed by atoms with Crippen molar-refractivity contribution < 1.29 is 9.53 Å². The van der Waals surface area contributed by atoms with Crippen molar-refractivity contribution in [1.29, 1.82) is 0 Å².